The number of fused-ring (bicyclic) bond motifs is 2. The fourth-order valence-corrected chi connectivity index (χ4v) is 9.24. The molecule has 0 spiro atoms. The van der Waals surface area contributed by atoms with Crippen LogP contribution in [0, 0.1) is 16.7 Å². The standard InChI is InChI=1S/C44H40Br4O10/c1-43(2)28-20-21-44(43,3)34(22-28)55-42-37(58-41(52)27-10-18-32(48)19-11-27)36(57-40(51)26-8-16-31(47)17-9-26)35(56-39(50)25-6-14-30(46)15-7-25)33(54-42)23-53-38(49)24-4-12-29(45)13-5-24/h4-19,28,33-37,42H,20-23H2,1-3H3/t28-,33-,34+,35-,36+,37-,42+,44+/m1/s1. The second kappa shape index (κ2) is 17.7. The van der Waals surface area contributed by atoms with Crippen molar-refractivity contribution in [3.63, 3.8) is 0 Å². The minimum Gasteiger partial charge on any atom is -0.459 e. The van der Waals surface area contributed by atoms with Crippen molar-refractivity contribution >= 4 is 87.6 Å². The summed E-state index contributed by atoms with van der Waals surface area (Å²) in [4.78, 5) is 55.5. The van der Waals surface area contributed by atoms with Crippen LogP contribution in [0.4, 0.5) is 0 Å². The molecule has 58 heavy (non-hydrogen) atoms. The van der Waals surface area contributed by atoms with Gasteiger partial charge in [0.15, 0.2) is 24.6 Å². The molecule has 3 aliphatic rings. The number of esters is 4. The first-order valence-corrected chi connectivity index (χ1v) is 21.9. The van der Waals surface area contributed by atoms with Crippen LogP contribution in [0.25, 0.3) is 0 Å². The molecule has 0 N–H and O–H groups in total. The summed E-state index contributed by atoms with van der Waals surface area (Å²) >= 11 is 13.6. The molecule has 4 aromatic carbocycles. The van der Waals surface area contributed by atoms with Crippen LogP contribution in [0.15, 0.2) is 115 Å². The highest BCUT2D eigenvalue weighted by Crippen LogP contribution is 2.66. The van der Waals surface area contributed by atoms with Crippen molar-refractivity contribution in [3.05, 3.63) is 137 Å². The summed E-state index contributed by atoms with van der Waals surface area (Å²) in [5, 5.41) is 0. The normalized spacial score (nSPS) is 27.1. The molecule has 3 fully saturated rings. The summed E-state index contributed by atoms with van der Waals surface area (Å²) in [5.41, 5.74) is 0.522. The highest BCUT2D eigenvalue weighted by molar-refractivity contribution is 9.11. The van der Waals surface area contributed by atoms with E-state index in [1.165, 1.54) is 0 Å². The maximum atomic E-state index is 14.1. The van der Waals surface area contributed by atoms with Crippen LogP contribution in [-0.4, -0.2) is 67.3 Å². The van der Waals surface area contributed by atoms with E-state index >= 15 is 0 Å². The SMILES string of the molecule is CC1(C)[C@@H]2CC[C@@]1(C)[C@@H](O[C@@H]1O[C@H](COC(=O)c3ccc(Br)cc3)[C@@H](OC(=O)c3ccc(Br)cc3)[C@H](OC(=O)c3ccc(Br)cc3)[C@H]1OC(=O)c1ccc(Br)cc1)C2. The molecule has 2 aliphatic carbocycles. The van der Waals surface area contributed by atoms with Crippen LogP contribution in [0.3, 0.4) is 0 Å². The Kier molecular flexibility index (Phi) is 13.0. The lowest BCUT2D eigenvalue weighted by atomic mass is 9.70. The summed E-state index contributed by atoms with van der Waals surface area (Å²) < 4.78 is 41.1. The van der Waals surface area contributed by atoms with E-state index in [1.54, 1.807) is 97.1 Å². The molecule has 8 atom stereocenters. The number of halogens is 4. The van der Waals surface area contributed by atoms with Gasteiger partial charge in [0, 0.05) is 17.9 Å². The van der Waals surface area contributed by atoms with Crippen molar-refractivity contribution in [1.29, 1.82) is 0 Å². The number of ether oxygens (including phenoxy) is 6. The monoisotopic (exact) mass is 1040 g/mol. The molecule has 1 aliphatic heterocycles. The van der Waals surface area contributed by atoms with Gasteiger partial charge < -0.3 is 28.4 Å². The Morgan fingerprint density at radius 1 is 0.586 bits per heavy atom. The Labute approximate surface area is 370 Å². The summed E-state index contributed by atoms with van der Waals surface area (Å²) in [7, 11) is 0. The fraction of sp³-hybridized carbons (Fsp3) is 0.364. The number of carbonyl (C=O) groups excluding carboxylic acids is 4. The van der Waals surface area contributed by atoms with E-state index < -0.39 is 61.2 Å². The third kappa shape index (κ3) is 9.02. The van der Waals surface area contributed by atoms with Crippen LogP contribution < -0.4 is 0 Å². The van der Waals surface area contributed by atoms with Gasteiger partial charge in [-0.25, -0.2) is 19.2 Å². The summed E-state index contributed by atoms with van der Waals surface area (Å²) in [6.07, 6.45) is -4.69. The maximum absolute atomic E-state index is 14.1. The van der Waals surface area contributed by atoms with Gasteiger partial charge in [0.05, 0.1) is 28.4 Å². The largest absolute Gasteiger partial charge is 0.459 e. The molecule has 1 saturated heterocycles. The predicted octanol–water partition coefficient (Wildman–Crippen LogP) is 10.5. The number of hydrogen-bond donors (Lipinski definition) is 0. The predicted molar refractivity (Wildman–Crippen MR) is 227 cm³/mol. The third-order valence-electron chi connectivity index (χ3n) is 12.0. The Balaban J connectivity index is 1.30. The minimum absolute atomic E-state index is 0.0638. The van der Waals surface area contributed by atoms with Crippen molar-refractivity contribution in [1.82, 2.24) is 0 Å². The van der Waals surface area contributed by atoms with E-state index in [4.69, 9.17) is 28.4 Å². The van der Waals surface area contributed by atoms with Gasteiger partial charge in [0.2, 0.25) is 0 Å². The zero-order chi connectivity index (χ0) is 41.4. The molecule has 2 saturated carbocycles. The van der Waals surface area contributed by atoms with Gasteiger partial charge in [-0.3, -0.25) is 0 Å². The van der Waals surface area contributed by atoms with Gasteiger partial charge in [-0.15, -0.1) is 0 Å². The van der Waals surface area contributed by atoms with Gasteiger partial charge in [0.25, 0.3) is 0 Å². The number of carbonyl (C=O) groups is 4. The van der Waals surface area contributed by atoms with Crippen molar-refractivity contribution in [3.8, 4) is 0 Å². The van der Waals surface area contributed by atoms with Crippen LogP contribution in [0.1, 0.15) is 81.5 Å². The molecule has 2 bridgehead atoms. The van der Waals surface area contributed by atoms with E-state index in [0.717, 1.165) is 37.2 Å². The maximum Gasteiger partial charge on any atom is 0.338 e. The number of hydrogen-bond acceptors (Lipinski definition) is 10. The topological polar surface area (TPSA) is 124 Å². The van der Waals surface area contributed by atoms with Crippen LogP contribution >= 0.6 is 63.7 Å². The lowest BCUT2D eigenvalue weighted by Crippen LogP contribution is -2.64. The Bertz CT molecular complexity index is 2140. The van der Waals surface area contributed by atoms with E-state index in [0.29, 0.717) is 5.92 Å². The Hall–Kier alpha value is -3.40. The van der Waals surface area contributed by atoms with Crippen molar-refractivity contribution in [2.75, 3.05) is 6.61 Å². The van der Waals surface area contributed by atoms with Crippen LogP contribution in [0.2, 0.25) is 0 Å². The molecule has 10 nitrogen and oxygen atoms in total. The lowest BCUT2D eigenvalue weighted by Gasteiger charge is -2.47. The first kappa shape index (κ1) is 42.7. The molecule has 0 radical (unpaired) electrons. The van der Waals surface area contributed by atoms with Crippen LogP contribution in [0.5, 0.6) is 0 Å². The number of rotatable bonds is 11. The average molecular weight is 1050 g/mol. The molecule has 0 amide bonds. The van der Waals surface area contributed by atoms with Gasteiger partial charge in [0.1, 0.15) is 12.7 Å². The van der Waals surface area contributed by atoms with Gasteiger partial charge >= 0.3 is 23.9 Å². The molecule has 7 rings (SSSR count). The Morgan fingerprint density at radius 2 is 0.983 bits per heavy atom. The minimum atomic E-state index is -1.51. The van der Waals surface area contributed by atoms with Crippen molar-refractivity contribution in [2.45, 2.75) is 76.8 Å². The summed E-state index contributed by atoms with van der Waals surface area (Å²) in [5.74, 6) is -2.61. The smallest absolute Gasteiger partial charge is 0.338 e. The molecule has 4 aromatic rings. The highest BCUT2D eigenvalue weighted by atomic mass is 79.9. The Morgan fingerprint density at radius 3 is 1.38 bits per heavy atom. The molecule has 0 aromatic heterocycles. The first-order chi connectivity index (χ1) is 27.6. The van der Waals surface area contributed by atoms with E-state index in [2.05, 4.69) is 84.5 Å². The quantitative estimate of drug-likeness (QED) is 0.106. The third-order valence-corrected chi connectivity index (χ3v) is 14.1. The average Bonchev–Trinajstić information content (AvgIpc) is 3.54. The van der Waals surface area contributed by atoms with Crippen LogP contribution in [-0.2, 0) is 28.4 Å². The second-order valence-corrected chi connectivity index (χ2v) is 19.2. The molecular weight excluding hydrogens is 1010 g/mol. The number of benzene rings is 4. The lowest BCUT2D eigenvalue weighted by molar-refractivity contribution is -0.316. The zero-order valence-corrected chi connectivity index (χ0v) is 38.0. The molecule has 1 heterocycles. The molecular formula is C44H40Br4O10. The molecule has 304 valence electrons. The molecule has 14 heteroatoms. The van der Waals surface area contributed by atoms with E-state index in [-0.39, 0.29) is 39.2 Å². The van der Waals surface area contributed by atoms with E-state index in [9.17, 15) is 19.2 Å². The van der Waals surface area contributed by atoms with Gasteiger partial charge in [-0.2, -0.15) is 0 Å². The summed E-state index contributed by atoms with van der Waals surface area (Å²) in [6.45, 7) is 6.24. The van der Waals surface area contributed by atoms with E-state index in [1.807, 2.05) is 0 Å². The first-order valence-electron chi connectivity index (χ1n) is 18.8. The van der Waals surface area contributed by atoms with Crippen molar-refractivity contribution in [2.24, 2.45) is 16.7 Å². The van der Waals surface area contributed by atoms with Crippen molar-refractivity contribution < 1.29 is 47.6 Å². The fourth-order valence-electron chi connectivity index (χ4n) is 8.18. The summed E-state index contributed by atoms with van der Waals surface area (Å²) in [6, 6.07) is 26.2. The zero-order valence-electron chi connectivity index (χ0n) is 31.7. The van der Waals surface area contributed by atoms with Gasteiger partial charge in [-0.05, 0) is 133 Å². The molecule has 0 unspecified atom stereocenters. The van der Waals surface area contributed by atoms with Gasteiger partial charge in [-0.1, -0.05) is 84.5 Å². The second-order valence-electron chi connectivity index (χ2n) is 15.5. The highest BCUT2D eigenvalue weighted by Gasteiger charge is 2.64.